The molecule has 0 aliphatic carbocycles. The van der Waals surface area contributed by atoms with Gasteiger partial charge >= 0.3 is 0 Å². The maximum atomic E-state index is 9.97. The van der Waals surface area contributed by atoms with E-state index in [1.807, 2.05) is 0 Å². The Labute approximate surface area is 37.4 Å². The van der Waals surface area contributed by atoms with Crippen LogP contribution in [0.1, 0.15) is 13.8 Å². The molecule has 0 saturated heterocycles. The molecule has 0 unspecified atom stereocenters. The zero-order valence-electron chi connectivity index (χ0n) is 3.36. The summed E-state index contributed by atoms with van der Waals surface area (Å²) in [7, 11) is 0. The van der Waals surface area contributed by atoms with E-state index in [2.05, 4.69) is 12.6 Å². The zero-order valence-corrected chi connectivity index (χ0v) is 4.25. The van der Waals surface area contributed by atoms with Crippen molar-refractivity contribution in [3.63, 3.8) is 0 Å². The lowest BCUT2D eigenvalue weighted by atomic mass is 10.5. The normalized spacial score (nSPS) is 12.0. The Kier molecular flexibility index (Phi) is 1.26. The summed E-state index contributed by atoms with van der Waals surface area (Å²) in [5.74, 6) is 0. The van der Waals surface area contributed by atoms with Crippen LogP contribution in [0.2, 0.25) is 0 Å². The highest BCUT2D eigenvalue weighted by atomic mass is 32.1. The topological polar surface area (TPSA) is 19.9 Å². The Morgan fingerprint density at radius 2 is 1.60 bits per heavy atom. The molecule has 0 aromatic carbocycles. The quantitative estimate of drug-likeness (QED) is 0.340. The van der Waals surface area contributed by atoms with Crippen molar-refractivity contribution < 1.29 is 5.11 Å². The van der Waals surface area contributed by atoms with Crippen molar-refractivity contribution in [1.29, 1.82) is 0 Å². The van der Waals surface area contributed by atoms with Gasteiger partial charge in [-0.25, -0.2) is 5.11 Å². The summed E-state index contributed by atoms with van der Waals surface area (Å²) in [6, 6.07) is 0. The molecule has 0 aromatic rings. The van der Waals surface area contributed by atoms with Crippen LogP contribution in [0.4, 0.5) is 0 Å². The van der Waals surface area contributed by atoms with Gasteiger partial charge in [0.1, 0.15) is 4.93 Å². The van der Waals surface area contributed by atoms with E-state index in [1.54, 1.807) is 0 Å². The third kappa shape index (κ3) is 239. The lowest BCUT2D eigenvalue weighted by molar-refractivity contribution is 0.0915. The first-order chi connectivity index (χ1) is 2.00. The lowest BCUT2D eigenvalue weighted by Gasteiger charge is -1.98. The predicted molar refractivity (Wildman–Crippen MR) is 23.8 cm³/mol. The molecule has 1 radical (unpaired) electrons. The van der Waals surface area contributed by atoms with Crippen LogP contribution in [0.25, 0.3) is 0 Å². The largest absolute Gasteiger partial charge is 0.218 e. The van der Waals surface area contributed by atoms with Gasteiger partial charge in [-0.2, -0.15) is 0 Å². The standard InChI is InChI=1S/C3H7OS/c1-3(2,4)5/h5H,1-2H3. The number of thiol groups is 1. The van der Waals surface area contributed by atoms with Crippen LogP contribution in [-0.4, -0.2) is 4.93 Å². The molecule has 31 valence electrons. The Bertz CT molecular complexity index is 22.4. The molecule has 0 bridgehead atoms. The highest BCUT2D eigenvalue weighted by Gasteiger charge is 2.03. The van der Waals surface area contributed by atoms with Crippen LogP contribution in [0.15, 0.2) is 0 Å². The predicted octanol–water partition coefficient (Wildman–Crippen LogP) is 1.08. The molecule has 0 spiro atoms. The maximum absolute atomic E-state index is 9.97. The molecule has 0 atom stereocenters. The van der Waals surface area contributed by atoms with Crippen molar-refractivity contribution in [2.24, 2.45) is 0 Å². The van der Waals surface area contributed by atoms with E-state index in [9.17, 15) is 5.11 Å². The minimum Gasteiger partial charge on any atom is -0.218 e. The maximum Gasteiger partial charge on any atom is 0.140 e. The van der Waals surface area contributed by atoms with E-state index in [4.69, 9.17) is 0 Å². The van der Waals surface area contributed by atoms with Crippen molar-refractivity contribution in [2.45, 2.75) is 18.8 Å². The molecule has 0 amide bonds. The van der Waals surface area contributed by atoms with E-state index >= 15 is 0 Å². The van der Waals surface area contributed by atoms with Gasteiger partial charge in [0.05, 0.1) is 0 Å². The van der Waals surface area contributed by atoms with Gasteiger partial charge in [-0.3, -0.25) is 0 Å². The number of hydrogen-bond donors (Lipinski definition) is 1. The third-order valence-corrected chi connectivity index (χ3v) is 0. The van der Waals surface area contributed by atoms with Crippen LogP contribution in [0, 0.1) is 0 Å². The molecule has 0 aliphatic rings. The second-order valence-electron chi connectivity index (χ2n) is 1.45. The summed E-state index contributed by atoms with van der Waals surface area (Å²) in [6.07, 6.45) is 0. The molecule has 2 heteroatoms. The molecular weight excluding hydrogens is 84.1 g/mol. The fraction of sp³-hybridized carbons (Fsp3) is 1.00. The summed E-state index contributed by atoms with van der Waals surface area (Å²) in [5.41, 5.74) is 0. The monoisotopic (exact) mass is 91.0 g/mol. The van der Waals surface area contributed by atoms with E-state index in [-0.39, 0.29) is 0 Å². The molecule has 0 rings (SSSR count). The van der Waals surface area contributed by atoms with Gasteiger partial charge in [-0.15, -0.1) is 12.6 Å². The fourth-order valence-electron chi connectivity index (χ4n) is 0. The van der Waals surface area contributed by atoms with Crippen LogP contribution >= 0.6 is 12.6 Å². The summed E-state index contributed by atoms with van der Waals surface area (Å²) in [4.78, 5) is -1.06. The summed E-state index contributed by atoms with van der Waals surface area (Å²) >= 11 is 3.57. The van der Waals surface area contributed by atoms with Crippen molar-refractivity contribution in [2.75, 3.05) is 0 Å². The molecule has 5 heavy (non-hydrogen) atoms. The molecule has 0 fully saturated rings. The van der Waals surface area contributed by atoms with Crippen molar-refractivity contribution >= 4 is 12.6 Å². The van der Waals surface area contributed by atoms with Gasteiger partial charge in [0.25, 0.3) is 0 Å². The van der Waals surface area contributed by atoms with Crippen molar-refractivity contribution in [3.8, 4) is 0 Å². The molecule has 0 aliphatic heterocycles. The fourth-order valence-corrected chi connectivity index (χ4v) is 0. The Morgan fingerprint density at radius 3 is 1.60 bits per heavy atom. The smallest absolute Gasteiger partial charge is 0.140 e. The second-order valence-corrected chi connectivity index (χ2v) is 2.52. The molecular formula is C3H7OS. The van der Waals surface area contributed by atoms with Gasteiger partial charge in [0.2, 0.25) is 0 Å². The van der Waals surface area contributed by atoms with Crippen molar-refractivity contribution in [3.05, 3.63) is 0 Å². The van der Waals surface area contributed by atoms with Gasteiger partial charge in [0, 0.05) is 0 Å². The molecule has 0 heterocycles. The van der Waals surface area contributed by atoms with Crippen LogP contribution in [0.3, 0.4) is 0 Å². The first kappa shape index (κ1) is 5.31. The van der Waals surface area contributed by atoms with Gasteiger partial charge < -0.3 is 0 Å². The average molecular weight is 91.2 g/mol. The number of rotatable bonds is 0. The molecule has 0 aromatic heterocycles. The zero-order chi connectivity index (χ0) is 4.50. The molecule has 0 N–H and O–H groups in total. The van der Waals surface area contributed by atoms with E-state index in [0.717, 1.165) is 0 Å². The Balaban J connectivity index is 3.02. The van der Waals surface area contributed by atoms with E-state index in [0.29, 0.717) is 0 Å². The summed E-state index contributed by atoms with van der Waals surface area (Å²) in [5, 5.41) is 9.97. The van der Waals surface area contributed by atoms with E-state index < -0.39 is 4.93 Å². The van der Waals surface area contributed by atoms with Gasteiger partial charge in [0.15, 0.2) is 0 Å². The Hall–Kier alpha value is 0.310. The third-order valence-electron chi connectivity index (χ3n) is 0. The minimum absolute atomic E-state index is 1.06. The van der Waals surface area contributed by atoms with Crippen LogP contribution < -0.4 is 0 Å². The summed E-state index contributed by atoms with van der Waals surface area (Å²) in [6.45, 7) is 2.99. The minimum atomic E-state index is -1.06. The van der Waals surface area contributed by atoms with Crippen molar-refractivity contribution in [1.82, 2.24) is 0 Å². The highest BCUT2D eigenvalue weighted by Crippen LogP contribution is 2.04. The Morgan fingerprint density at radius 1 is 1.60 bits per heavy atom. The van der Waals surface area contributed by atoms with Gasteiger partial charge in [-0.1, -0.05) is 0 Å². The average Bonchev–Trinajstić information content (AvgIpc) is 0.722. The molecule has 1 nitrogen and oxygen atoms in total. The first-order valence-corrected chi connectivity index (χ1v) is 1.87. The van der Waals surface area contributed by atoms with Gasteiger partial charge in [-0.05, 0) is 13.8 Å². The first-order valence-electron chi connectivity index (χ1n) is 1.43. The lowest BCUT2D eigenvalue weighted by Crippen LogP contribution is -2.02. The SMILES string of the molecule is CC(C)([O])S. The second kappa shape index (κ2) is 1.19. The van der Waals surface area contributed by atoms with Crippen LogP contribution in [0.5, 0.6) is 0 Å². The number of hydrogen-bond acceptors (Lipinski definition) is 1. The van der Waals surface area contributed by atoms with E-state index in [1.165, 1.54) is 13.8 Å². The molecule has 0 saturated carbocycles. The summed E-state index contributed by atoms with van der Waals surface area (Å²) < 4.78 is 0. The highest BCUT2D eigenvalue weighted by molar-refractivity contribution is 7.81. The van der Waals surface area contributed by atoms with Crippen LogP contribution in [-0.2, 0) is 5.11 Å².